The Bertz CT molecular complexity index is 586. The molecule has 0 aliphatic carbocycles. The van der Waals surface area contributed by atoms with E-state index in [4.69, 9.17) is 9.47 Å². The van der Waals surface area contributed by atoms with Gasteiger partial charge in [0.05, 0.1) is 24.7 Å². The molecule has 1 aromatic carbocycles. The number of ether oxygens (including phenoxy) is 2. The fraction of sp³-hybridized carbons (Fsp3) is 0.500. The molecule has 0 unspecified atom stereocenters. The van der Waals surface area contributed by atoms with E-state index in [2.05, 4.69) is 10.0 Å². The number of rotatable bonds is 8. The number of hydrogen-bond acceptors (Lipinski definition) is 5. The summed E-state index contributed by atoms with van der Waals surface area (Å²) in [6.07, 6.45) is 0. The molecule has 124 valence electrons. The first-order valence-corrected chi connectivity index (χ1v) is 8.24. The van der Waals surface area contributed by atoms with Crippen LogP contribution < -0.4 is 14.8 Å². The highest BCUT2D eigenvalue weighted by molar-refractivity contribution is 7.89. The van der Waals surface area contributed by atoms with Crippen molar-refractivity contribution >= 4 is 15.9 Å². The number of nitrogens with one attached hydrogen (secondary N) is 2. The van der Waals surface area contributed by atoms with Crippen LogP contribution in [0.2, 0.25) is 0 Å². The predicted molar refractivity (Wildman–Crippen MR) is 82.3 cm³/mol. The second kappa shape index (κ2) is 8.11. The Morgan fingerprint density at radius 2 is 1.77 bits per heavy atom. The van der Waals surface area contributed by atoms with Crippen LogP contribution in [-0.4, -0.2) is 47.2 Å². The van der Waals surface area contributed by atoms with Gasteiger partial charge in [0.2, 0.25) is 15.9 Å². The molecule has 22 heavy (non-hydrogen) atoms. The second-order valence-electron chi connectivity index (χ2n) is 4.88. The molecule has 0 heterocycles. The van der Waals surface area contributed by atoms with Gasteiger partial charge in [0.1, 0.15) is 5.75 Å². The number of carbonyl (C=O) groups excluding carboxylic acids is 1. The lowest BCUT2D eigenvalue weighted by atomic mass is 10.3. The van der Waals surface area contributed by atoms with Gasteiger partial charge in [-0.3, -0.25) is 4.79 Å². The van der Waals surface area contributed by atoms with E-state index < -0.39 is 22.0 Å². The predicted octanol–water partition coefficient (Wildman–Crippen LogP) is 0.513. The van der Waals surface area contributed by atoms with Crippen molar-refractivity contribution in [2.75, 3.05) is 20.8 Å². The lowest BCUT2D eigenvalue weighted by Gasteiger charge is -2.18. The average molecular weight is 330 g/mol. The zero-order valence-corrected chi connectivity index (χ0v) is 13.9. The van der Waals surface area contributed by atoms with Gasteiger partial charge in [0, 0.05) is 13.2 Å². The van der Waals surface area contributed by atoms with E-state index >= 15 is 0 Å². The maximum Gasteiger partial charge on any atom is 0.241 e. The average Bonchev–Trinajstić information content (AvgIpc) is 2.47. The molecule has 0 bridgehead atoms. The molecular weight excluding hydrogens is 308 g/mol. The molecule has 0 aromatic heterocycles. The first kappa shape index (κ1) is 18.4. The summed E-state index contributed by atoms with van der Waals surface area (Å²) in [6, 6.07) is 4.82. The van der Waals surface area contributed by atoms with Gasteiger partial charge in [-0.2, -0.15) is 4.72 Å². The maximum absolute atomic E-state index is 12.2. The zero-order valence-electron chi connectivity index (χ0n) is 13.1. The van der Waals surface area contributed by atoms with Crippen molar-refractivity contribution in [3.05, 3.63) is 24.3 Å². The summed E-state index contributed by atoms with van der Waals surface area (Å²) in [5, 5.41) is 2.66. The Morgan fingerprint density at radius 1 is 1.18 bits per heavy atom. The van der Waals surface area contributed by atoms with Crippen molar-refractivity contribution < 1.29 is 22.7 Å². The van der Waals surface area contributed by atoms with Crippen LogP contribution in [0.15, 0.2) is 29.2 Å². The summed E-state index contributed by atoms with van der Waals surface area (Å²) in [4.78, 5) is 12.0. The SMILES string of the molecule is COC[C@H](C)NC(=O)[C@H](C)NS(=O)(=O)c1ccc(OC)cc1. The van der Waals surface area contributed by atoms with E-state index in [1.54, 1.807) is 19.1 Å². The van der Waals surface area contributed by atoms with Gasteiger partial charge >= 0.3 is 0 Å². The Balaban J connectivity index is 2.72. The molecule has 1 aromatic rings. The Hall–Kier alpha value is -1.64. The van der Waals surface area contributed by atoms with Gasteiger partial charge in [-0.15, -0.1) is 0 Å². The Labute approximate surface area is 131 Å². The van der Waals surface area contributed by atoms with Gasteiger partial charge in [0.25, 0.3) is 0 Å². The molecule has 8 heteroatoms. The molecule has 1 amide bonds. The Morgan fingerprint density at radius 3 is 2.27 bits per heavy atom. The van der Waals surface area contributed by atoms with E-state index in [1.165, 1.54) is 33.3 Å². The van der Waals surface area contributed by atoms with Crippen molar-refractivity contribution in [1.29, 1.82) is 0 Å². The third-order valence-corrected chi connectivity index (χ3v) is 4.46. The highest BCUT2D eigenvalue weighted by atomic mass is 32.2. The summed E-state index contributed by atoms with van der Waals surface area (Å²) in [7, 11) is -0.754. The molecule has 1 rings (SSSR count). The molecule has 0 radical (unpaired) electrons. The van der Waals surface area contributed by atoms with Crippen LogP contribution in [0, 0.1) is 0 Å². The minimum Gasteiger partial charge on any atom is -0.497 e. The molecule has 2 N–H and O–H groups in total. The quantitative estimate of drug-likeness (QED) is 0.724. The van der Waals surface area contributed by atoms with Crippen molar-refractivity contribution in [3.63, 3.8) is 0 Å². The number of methoxy groups -OCH3 is 2. The highest BCUT2D eigenvalue weighted by Crippen LogP contribution is 2.15. The third-order valence-electron chi connectivity index (χ3n) is 2.90. The van der Waals surface area contributed by atoms with Crippen LogP contribution >= 0.6 is 0 Å². The minimum absolute atomic E-state index is 0.0675. The van der Waals surface area contributed by atoms with Gasteiger partial charge in [0.15, 0.2) is 0 Å². The van der Waals surface area contributed by atoms with Gasteiger partial charge in [-0.1, -0.05) is 0 Å². The molecule has 0 fully saturated rings. The molecule has 0 saturated carbocycles. The van der Waals surface area contributed by atoms with Crippen molar-refractivity contribution in [1.82, 2.24) is 10.0 Å². The minimum atomic E-state index is -3.78. The number of carbonyl (C=O) groups is 1. The topological polar surface area (TPSA) is 93.7 Å². The summed E-state index contributed by atoms with van der Waals surface area (Å²) < 4.78 is 36.6. The van der Waals surface area contributed by atoms with E-state index in [0.717, 1.165) is 0 Å². The smallest absolute Gasteiger partial charge is 0.241 e. The van der Waals surface area contributed by atoms with Gasteiger partial charge in [-0.05, 0) is 38.1 Å². The fourth-order valence-electron chi connectivity index (χ4n) is 1.77. The molecule has 0 aliphatic rings. The second-order valence-corrected chi connectivity index (χ2v) is 6.60. The summed E-state index contributed by atoms with van der Waals surface area (Å²) >= 11 is 0. The lowest BCUT2D eigenvalue weighted by molar-refractivity contribution is -0.123. The van der Waals surface area contributed by atoms with E-state index in [0.29, 0.717) is 12.4 Å². The molecule has 0 aliphatic heterocycles. The van der Waals surface area contributed by atoms with Crippen LogP contribution in [0.3, 0.4) is 0 Å². The molecule has 2 atom stereocenters. The van der Waals surface area contributed by atoms with Crippen LogP contribution in [0.5, 0.6) is 5.75 Å². The normalized spacial score (nSPS) is 14.2. The number of benzene rings is 1. The Kier molecular flexibility index (Phi) is 6.79. The van der Waals surface area contributed by atoms with Crippen LogP contribution in [-0.2, 0) is 19.6 Å². The maximum atomic E-state index is 12.2. The lowest BCUT2D eigenvalue weighted by Crippen LogP contribution is -2.48. The van der Waals surface area contributed by atoms with Gasteiger partial charge < -0.3 is 14.8 Å². The number of hydrogen-bond donors (Lipinski definition) is 2. The number of amides is 1. The van der Waals surface area contributed by atoms with Crippen molar-refractivity contribution in [2.45, 2.75) is 30.8 Å². The molecule has 0 spiro atoms. The van der Waals surface area contributed by atoms with Crippen LogP contribution in [0.1, 0.15) is 13.8 Å². The summed E-state index contributed by atoms with van der Waals surface area (Å²) in [5.74, 6) is 0.139. The van der Waals surface area contributed by atoms with Gasteiger partial charge in [-0.25, -0.2) is 8.42 Å². The molecular formula is C14H22N2O5S. The van der Waals surface area contributed by atoms with Crippen LogP contribution in [0.25, 0.3) is 0 Å². The van der Waals surface area contributed by atoms with Crippen molar-refractivity contribution in [3.8, 4) is 5.75 Å². The fourth-order valence-corrected chi connectivity index (χ4v) is 2.97. The standard InChI is InChI=1S/C14H22N2O5S/c1-10(9-20-3)15-14(17)11(2)16-22(18,19)13-7-5-12(21-4)6-8-13/h5-8,10-11,16H,9H2,1-4H3,(H,15,17)/t10-,11-/m0/s1. The van der Waals surface area contributed by atoms with E-state index in [9.17, 15) is 13.2 Å². The molecule has 7 nitrogen and oxygen atoms in total. The number of sulfonamides is 1. The monoisotopic (exact) mass is 330 g/mol. The van der Waals surface area contributed by atoms with Crippen LogP contribution in [0.4, 0.5) is 0 Å². The van der Waals surface area contributed by atoms with Crippen molar-refractivity contribution in [2.24, 2.45) is 0 Å². The summed E-state index contributed by atoms with van der Waals surface area (Å²) in [6.45, 7) is 3.60. The zero-order chi connectivity index (χ0) is 16.8. The molecule has 0 saturated heterocycles. The summed E-state index contributed by atoms with van der Waals surface area (Å²) in [5.41, 5.74) is 0. The third kappa shape index (κ3) is 5.28. The largest absolute Gasteiger partial charge is 0.497 e. The van der Waals surface area contributed by atoms with E-state index in [1.807, 2.05) is 0 Å². The van der Waals surface area contributed by atoms with E-state index in [-0.39, 0.29) is 10.9 Å². The highest BCUT2D eigenvalue weighted by Gasteiger charge is 2.22. The first-order chi connectivity index (χ1) is 10.3. The first-order valence-electron chi connectivity index (χ1n) is 6.76.